The van der Waals surface area contributed by atoms with Crippen LogP contribution in [-0.4, -0.2) is 24.4 Å². The van der Waals surface area contributed by atoms with E-state index in [0.717, 1.165) is 16.8 Å². The van der Waals surface area contributed by atoms with Gasteiger partial charge in [0.1, 0.15) is 5.75 Å². The highest BCUT2D eigenvalue weighted by molar-refractivity contribution is 7.80. The van der Waals surface area contributed by atoms with Crippen LogP contribution in [0.4, 0.5) is 16.2 Å². The van der Waals surface area contributed by atoms with Crippen LogP contribution in [0.3, 0.4) is 0 Å². The van der Waals surface area contributed by atoms with E-state index in [-0.39, 0.29) is 6.10 Å². The first-order chi connectivity index (χ1) is 17.2. The number of amides is 1. The van der Waals surface area contributed by atoms with E-state index < -0.39 is 6.09 Å². The smallest absolute Gasteiger partial charge is 0.411 e. The Kier molecular flexibility index (Phi) is 9.68. The molecule has 186 valence electrons. The summed E-state index contributed by atoms with van der Waals surface area (Å²) in [7, 11) is 1.91. The van der Waals surface area contributed by atoms with Crippen molar-refractivity contribution < 1.29 is 14.3 Å². The molecule has 0 bridgehead atoms. The molecule has 0 radical (unpaired) electrons. The van der Waals surface area contributed by atoms with Gasteiger partial charge in [-0.2, -0.15) is 0 Å². The van der Waals surface area contributed by atoms with E-state index in [9.17, 15) is 4.79 Å². The van der Waals surface area contributed by atoms with Crippen molar-refractivity contribution in [1.82, 2.24) is 0 Å². The van der Waals surface area contributed by atoms with Crippen molar-refractivity contribution in [2.75, 3.05) is 17.3 Å². The van der Waals surface area contributed by atoms with Crippen LogP contribution in [-0.2, 0) is 4.74 Å². The van der Waals surface area contributed by atoms with E-state index in [1.165, 1.54) is 10.9 Å². The molecule has 0 aliphatic heterocycles. The lowest BCUT2D eigenvalue weighted by molar-refractivity contribution is 0.130. The van der Waals surface area contributed by atoms with Crippen LogP contribution in [0.25, 0.3) is 10.8 Å². The molecule has 0 aliphatic rings. The average Bonchev–Trinajstić information content (AvgIpc) is 2.83. The van der Waals surface area contributed by atoms with Crippen LogP contribution in [0, 0.1) is 6.92 Å². The van der Waals surface area contributed by atoms with Crippen LogP contribution in [0.2, 0.25) is 5.02 Å². The molecule has 1 N–H and O–H groups in total. The SMILES string of the molecule is CC(C)OC(=O)Nc1cccc(Cl)c1.Cc1cccc(N(C)C(=S)Oc2ccc3ccccc3c2)c1. The summed E-state index contributed by atoms with van der Waals surface area (Å²) < 4.78 is 10.7. The molecule has 7 heteroatoms. The van der Waals surface area contributed by atoms with Crippen LogP contribution in [0.5, 0.6) is 5.75 Å². The van der Waals surface area contributed by atoms with Gasteiger partial charge in [-0.15, -0.1) is 0 Å². The Morgan fingerprint density at radius 2 is 1.64 bits per heavy atom. The van der Waals surface area contributed by atoms with Gasteiger partial charge in [-0.1, -0.05) is 60.1 Å². The lowest BCUT2D eigenvalue weighted by Gasteiger charge is -2.20. The monoisotopic (exact) mass is 520 g/mol. The summed E-state index contributed by atoms with van der Waals surface area (Å²) in [6.07, 6.45) is -0.601. The number of fused-ring (bicyclic) bond motifs is 1. The molecule has 0 heterocycles. The summed E-state index contributed by atoms with van der Waals surface area (Å²) in [5.74, 6) is 0.753. The lowest BCUT2D eigenvalue weighted by atomic mass is 10.1. The molecule has 0 saturated heterocycles. The van der Waals surface area contributed by atoms with Crippen molar-refractivity contribution >= 4 is 57.2 Å². The Morgan fingerprint density at radius 3 is 2.33 bits per heavy atom. The summed E-state index contributed by atoms with van der Waals surface area (Å²) in [5, 5.41) is 5.90. The van der Waals surface area contributed by atoms with Gasteiger partial charge in [0.25, 0.3) is 5.17 Å². The minimum Gasteiger partial charge on any atom is -0.447 e. The van der Waals surface area contributed by atoms with Gasteiger partial charge in [0, 0.05) is 23.4 Å². The van der Waals surface area contributed by atoms with Gasteiger partial charge in [-0.25, -0.2) is 4.79 Å². The molecule has 0 spiro atoms. The highest BCUT2D eigenvalue weighted by Crippen LogP contribution is 2.22. The molecule has 36 heavy (non-hydrogen) atoms. The van der Waals surface area contributed by atoms with Gasteiger partial charge in [0.05, 0.1) is 6.10 Å². The predicted molar refractivity (Wildman–Crippen MR) is 153 cm³/mol. The van der Waals surface area contributed by atoms with Gasteiger partial charge >= 0.3 is 6.09 Å². The first kappa shape index (κ1) is 27.0. The Hall–Kier alpha value is -3.61. The second kappa shape index (κ2) is 12.9. The van der Waals surface area contributed by atoms with E-state index in [0.29, 0.717) is 15.9 Å². The molecule has 0 atom stereocenters. The zero-order chi connectivity index (χ0) is 26.1. The van der Waals surface area contributed by atoms with E-state index >= 15 is 0 Å². The first-order valence-electron chi connectivity index (χ1n) is 11.5. The van der Waals surface area contributed by atoms with Crippen molar-refractivity contribution in [3.63, 3.8) is 0 Å². The fourth-order valence-electron chi connectivity index (χ4n) is 3.27. The Balaban J connectivity index is 0.000000223. The summed E-state index contributed by atoms with van der Waals surface area (Å²) in [6, 6.07) is 29.2. The molecule has 4 rings (SSSR count). The molecule has 4 aromatic rings. The maximum atomic E-state index is 11.2. The van der Waals surface area contributed by atoms with E-state index in [2.05, 4.69) is 36.5 Å². The predicted octanol–water partition coefficient (Wildman–Crippen LogP) is 8.25. The average molecular weight is 521 g/mol. The largest absolute Gasteiger partial charge is 0.447 e. The number of halogens is 1. The number of carbonyl (C=O) groups excluding carboxylic acids is 1. The second-order valence-corrected chi connectivity index (χ2v) is 9.15. The van der Waals surface area contributed by atoms with Gasteiger partial charge in [0.15, 0.2) is 0 Å². The zero-order valence-electron chi connectivity index (χ0n) is 20.7. The third-order valence-electron chi connectivity index (χ3n) is 5.00. The molecule has 4 aromatic carbocycles. The second-order valence-electron chi connectivity index (χ2n) is 8.36. The summed E-state index contributed by atoms with van der Waals surface area (Å²) in [5.41, 5.74) is 2.84. The van der Waals surface area contributed by atoms with Gasteiger partial charge < -0.3 is 14.4 Å². The molecular formula is C29H29ClN2O3S. The standard InChI is InChI=1S/C19H17NOS.C10H12ClNO2/c1-14-6-5-9-17(12-14)20(2)19(22)21-18-11-10-15-7-3-4-8-16(15)13-18;1-7(2)14-10(13)12-9-5-3-4-8(11)6-9/h3-13H,1-2H3;3-7H,1-2H3,(H,12,13). The van der Waals surface area contributed by atoms with Crippen LogP contribution < -0.4 is 15.0 Å². The van der Waals surface area contributed by atoms with Gasteiger partial charge in [-0.3, -0.25) is 5.32 Å². The summed E-state index contributed by atoms with van der Waals surface area (Å²) in [4.78, 5) is 13.0. The third-order valence-corrected chi connectivity index (χ3v) is 5.59. The first-order valence-corrected chi connectivity index (χ1v) is 12.2. The van der Waals surface area contributed by atoms with Gasteiger partial charge in [0.2, 0.25) is 0 Å². The number of thiocarbonyl (C=S) groups is 1. The normalized spacial score (nSPS) is 10.3. The molecule has 0 fully saturated rings. The Morgan fingerprint density at radius 1 is 0.917 bits per heavy atom. The maximum Gasteiger partial charge on any atom is 0.411 e. The van der Waals surface area contributed by atoms with Crippen molar-refractivity contribution in [1.29, 1.82) is 0 Å². The number of nitrogens with one attached hydrogen (secondary N) is 1. The van der Waals surface area contributed by atoms with Gasteiger partial charge in [-0.05, 0) is 91.8 Å². The quantitative estimate of drug-likeness (QED) is 0.274. The molecule has 5 nitrogen and oxygen atoms in total. The molecule has 1 amide bonds. The van der Waals surface area contributed by atoms with Crippen molar-refractivity contribution in [3.8, 4) is 5.75 Å². The number of nitrogens with zero attached hydrogens (tertiary/aromatic N) is 1. The summed E-state index contributed by atoms with van der Waals surface area (Å²) >= 11 is 11.2. The number of hydrogen-bond donors (Lipinski definition) is 1. The van der Waals surface area contributed by atoms with Crippen molar-refractivity contribution in [3.05, 3.63) is 102 Å². The lowest BCUT2D eigenvalue weighted by Crippen LogP contribution is -2.29. The fourth-order valence-corrected chi connectivity index (χ4v) is 3.66. The van der Waals surface area contributed by atoms with Crippen molar-refractivity contribution in [2.45, 2.75) is 26.9 Å². The molecule has 0 aliphatic carbocycles. The van der Waals surface area contributed by atoms with Crippen molar-refractivity contribution in [2.24, 2.45) is 0 Å². The van der Waals surface area contributed by atoms with Crippen LogP contribution in [0.1, 0.15) is 19.4 Å². The molecule has 0 unspecified atom stereocenters. The topological polar surface area (TPSA) is 50.8 Å². The fraction of sp³-hybridized carbons (Fsp3) is 0.172. The Labute approximate surface area is 222 Å². The van der Waals surface area contributed by atoms with E-state index in [1.54, 1.807) is 38.1 Å². The number of carbonyl (C=O) groups is 1. The molecule has 0 saturated carbocycles. The number of aryl methyl sites for hydroxylation is 1. The van der Waals surface area contributed by atoms with Crippen LogP contribution >= 0.6 is 23.8 Å². The summed E-state index contributed by atoms with van der Waals surface area (Å²) in [6.45, 7) is 5.64. The number of benzene rings is 4. The highest BCUT2D eigenvalue weighted by Gasteiger charge is 2.10. The molecular weight excluding hydrogens is 492 g/mol. The molecule has 0 aromatic heterocycles. The Bertz CT molecular complexity index is 1340. The zero-order valence-corrected chi connectivity index (χ0v) is 22.3. The van der Waals surface area contributed by atoms with Crippen LogP contribution in [0.15, 0.2) is 91.0 Å². The number of ether oxygens (including phenoxy) is 2. The van der Waals surface area contributed by atoms with E-state index in [4.69, 9.17) is 33.3 Å². The highest BCUT2D eigenvalue weighted by atomic mass is 35.5. The number of rotatable bonds is 4. The number of anilines is 2. The maximum absolute atomic E-state index is 11.2. The minimum absolute atomic E-state index is 0.130. The third kappa shape index (κ3) is 8.26. The minimum atomic E-state index is -0.470. The van der Waals surface area contributed by atoms with E-state index in [1.807, 2.05) is 54.4 Å². The number of hydrogen-bond acceptors (Lipinski definition) is 4.